The van der Waals surface area contributed by atoms with Gasteiger partial charge in [-0.25, -0.2) is 8.42 Å². The molecule has 3 rings (SSSR count). The first-order chi connectivity index (χ1) is 10.9. The van der Waals surface area contributed by atoms with E-state index in [9.17, 15) is 8.42 Å². The SMILES string of the molecule is Cc1ccc(S(=O)(=O)N2CCCCC2C(C)N)c2cccnc12. The van der Waals surface area contributed by atoms with Crippen LogP contribution in [0.25, 0.3) is 10.9 Å². The summed E-state index contributed by atoms with van der Waals surface area (Å²) in [6.45, 7) is 4.36. The molecule has 1 aliphatic heterocycles. The monoisotopic (exact) mass is 333 g/mol. The van der Waals surface area contributed by atoms with Crippen molar-refractivity contribution in [3.63, 3.8) is 0 Å². The van der Waals surface area contributed by atoms with Crippen LogP contribution in [-0.4, -0.2) is 36.3 Å². The molecule has 1 fully saturated rings. The van der Waals surface area contributed by atoms with Gasteiger partial charge in [0.05, 0.1) is 10.4 Å². The van der Waals surface area contributed by atoms with Crippen LogP contribution in [0.15, 0.2) is 35.4 Å². The lowest BCUT2D eigenvalue weighted by molar-refractivity contribution is 0.227. The number of hydrogen-bond acceptors (Lipinski definition) is 4. The number of benzene rings is 1. The molecule has 2 aromatic rings. The third-order valence-electron chi connectivity index (χ3n) is 4.62. The van der Waals surface area contributed by atoms with Crippen molar-refractivity contribution in [3.05, 3.63) is 36.0 Å². The van der Waals surface area contributed by atoms with E-state index in [1.807, 2.05) is 26.0 Å². The number of aromatic nitrogens is 1. The maximum Gasteiger partial charge on any atom is 0.244 e. The van der Waals surface area contributed by atoms with Gasteiger partial charge in [0.25, 0.3) is 0 Å². The Kier molecular flexibility index (Phi) is 4.40. The summed E-state index contributed by atoms with van der Waals surface area (Å²) in [7, 11) is -3.59. The van der Waals surface area contributed by atoms with Gasteiger partial charge in [-0.2, -0.15) is 4.31 Å². The summed E-state index contributed by atoms with van der Waals surface area (Å²) in [5, 5.41) is 0.682. The van der Waals surface area contributed by atoms with Gasteiger partial charge in [-0.1, -0.05) is 12.5 Å². The molecule has 0 saturated carbocycles. The molecule has 0 bridgehead atoms. The van der Waals surface area contributed by atoms with Crippen LogP contribution in [0, 0.1) is 6.92 Å². The molecular weight excluding hydrogens is 310 g/mol. The first kappa shape index (κ1) is 16.4. The molecule has 0 aliphatic carbocycles. The molecule has 0 radical (unpaired) electrons. The number of piperidine rings is 1. The standard InChI is InChI=1S/C17H23N3O2S/c1-12-8-9-16(14-6-5-10-19-17(12)14)23(21,22)20-11-4-3-7-15(20)13(2)18/h5-6,8-10,13,15H,3-4,7,11,18H2,1-2H3. The first-order valence-electron chi connectivity index (χ1n) is 8.04. The second kappa shape index (κ2) is 6.19. The van der Waals surface area contributed by atoms with E-state index in [2.05, 4.69) is 4.98 Å². The molecule has 2 unspecified atom stereocenters. The van der Waals surface area contributed by atoms with E-state index < -0.39 is 10.0 Å². The molecule has 2 atom stereocenters. The Hall–Kier alpha value is -1.50. The Balaban J connectivity index is 2.15. The second-order valence-electron chi connectivity index (χ2n) is 6.32. The van der Waals surface area contributed by atoms with E-state index in [-0.39, 0.29) is 12.1 Å². The highest BCUT2D eigenvalue weighted by Gasteiger charge is 2.36. The Morgan fingerprint density at radius 2 is 2.09 bits per heavy atom. The quantitative estimate of drug-likeness (QED) is 0.936. The Labute approximate surface area is 137 Å². The number of aryl methyl sites for hydroxylation is 1. The molecule has 5 nitrogen and oxygen atoms in total. The Bertz CT molecular complexity index is 818. The van der Waals surface area contributed by atoms with Gasteiger partial charge in [0.1, 0.15) is 0 Å². The predicted molar refractivity (Wildman–Crippen MR) is 91.7 cm³/mol. The smallest absolute Gasteiger partial charge is 0.244 e. The Morgan fingerprint density at radius 3 is 2.83 bits per heavy atom. The summed E-state index contributed by atoms with van der Waals surface area (Å²) in [6.07, 6.45) is 4.41. The lowest BCUT2D eigenvalue weighted by atomic mass is 10.00. The van der Waals surface area contributed by atoms with Gasteiger partial charge in [-0.15, -0.1) is 0 Å². The highest BCUT2D eigenvalue weighted by molar-refractivity contribution is 7.89. The van der Waals surface area contributed by atoms with Gasteiger partial charge in [0.2, 0.25) is 10.0 Å². The van der Waals surface area contributed by atoms with Crippen molar-refractivity contribution in [2.45, 2.75) is 50.1 Å². The lowest BCUT2D eigenvalue weighted by Crippen LogP contribution is -2.51. The van der Waals surface area contributed by atoms with Crippen LogP contribution in [0.1, 0.15) is 31.7 Å². The van der Waals surface area contributed by atoms with Crippen LogP contribution in [0.5, 0.6) is 0 Å². The van der Waals surface area contributed by atoms with Crippen LogP contribution >= 0.6 is 0 Å². The fourth-order valence-corrected chi connectivity index (χ4v) is 5.35. The van der Waals surface area contributed by atoms with Gasteiger partial charge >= 0.3 is 0 Å². The summed E-state index contributed by atoms with van der Waals surface area (Å²) in [6, 6.07) is 6.81. The third kappa shape index (κ3) is 2.86. The van der Waals surface area contributed by atoms with Gasteiger partial charge in [0, 0.05) is 30.2 Å². The van der Waals surface area contributed by atoms with Gasteiger partial charge in [-0.05, 0) is 50.5 Å². The van der Waals surface area contributed by atoms with E-state index in [0.717, 1.165) is 30.3 Å². The number of nitrogens with two attached hydrogens (primary N) is 1. The normalized spacial score (nSPS) is 21.4. The van der Waals surface area contributed by atoms with Gasteiger partial charge in [0.15, 0.2) is 0 Å². The van der Waals surface area contributed by atoms with E-state index in [1.54, 1.807) is 22.6 Å². The van der Waals surface area contributed by atoms with Crippen LogP contribution in [-0.2, 0) is 10.0 Å². The molecule has 0 amide bonds. The van der Waals surface area contributed by atoms with Crippen LogP contribution < -0.4 is 5.73 Å². The summed E-state index contributed by atoms with van der Waals surface area (Å²) in [5.74, 6) is 0. The minimum absolute atomic E-state index is 0.137. The third-order valence-corrected chi connectivity index (χ3v) is 6.61. The number of fused-ring (bicyclic) bond motifs is 1. The zero-order valence-corrected chi connectivity index (χ0v) is 14.4. The number of rotatable bonds is 3. The van der Waals surface area contributed by atoms with Crippen LogP contribution in [0.3, 0.4) is 0 Å². The first-order valence-corrected chi connectivity index (χ1v) is 9.48. The summed E-state index contributed by atoms with van der Waals surface area (Å²) >= 11 is 0. The minimum Gasteiger partial charge on any atom is -0.326 e. The Morgan fingerprint density at radius 1 is 1.30 bits per heavy atom. The van der Waals surface area contributed by atoms with E-state index in [0.29, 0.717) is 16.8 Å². The zero-order valence-electron chi connectivity index (χ0n) is 13.6. The fraction of sp³-hybridized carbons (Fsp3) is 0.471. The van der Waals surface area contributed by atoms with Crippen molar-refractivity contribution in [3.8, 4) is 0 Å². The molecule has 6 heteroatoms. The molecular formula is C17H23N3O2S. The summed E-state index contributed by atoms with van der Waals surface area (Å²) in [4.78, 5) is 4.68. The van der Waals surface area contributed by atoms with Crippen molar-refractivity contribution >= 4 is 20.9 Å². The number of hydrogen-bond donors (Lipinski definition) is 1. The van der Waals surface area contributed by atoms with E-state index >= 15 is 0 Å². The molecule has 1 aromatic heterocycles. The maximum atomic E-state index is 13.3. The van der Waals surface area contributed by atoms with E-state index in [1.165, 1.54) is 0 Å². The molecule has 124 valence electrons. The molecule has 2 heterocycles. The van der Waals surface area contributed by atoms with Crippen molar-refractivity contribution in [2.24, 2.45) is 5.73 Å². The summed E-state index contributed by atoms with van der Waals surface area (Å²) in [5.41, 5.74) is 7.76. The second-order valence-corrected chi connectivity index (χ2v) is 8.18. The van der Waals surface area contributed by atoms with Gasteiger partial charge in [-0.3, -0.25) is 4.98 Å². The lowest BCUT2D eigenvalue weighted by Gasteiger charge is -2.37. The van der Waals surface area contributed by atoms with Crippen LogP contribution in [0.2, 0.25) is 0 Å². The number of pyridine rings is 1. The molecule has 1 saturated heterocycles. The average Bonchev–Trinajstić information content (AvgIpc) is 2.55. The number of sulfonamides is 1. The van der Waals surface area contributed by atoms with Crippen molar-refractivity contribution < 1.29 is 8.42 Å². The largest absolute Gasteiger partial charge is 0.326 e. The van der Waals surface area contributed by atoms with Crippen molar-refractivity contribution in [2.75, 3.05) is 6.54 Å². The average molecular weight is 333 g/mol. The molecule has 1 aromatic carbocycles. The molecule has 23 heavy (non-hydrogen) atoms. The maximum absolute atomic E-state index is 13.3. The molecule has 1 aliphatic rings. The van der Waals surface area contributed by atoms with Crippen molar-refractivity contribution in [1.29, 1.82) is 0 Å². The van der Waals surface area contributed by atoms with E-state index in [4.69, 9.17) is 5.73 Å². The molecule has 0 spiro atoms. The fourth-order valence-electron chi connectivity index (χ4n) is 3.39. The zero-order chi connectivity index (χ0) is 16.6. The molecule has 2 N–H and O–H groups in total. The predicted octanol–water partition coefficient (Wildman–Crippen LogP) is 2.43. The number of nitrogens with zero attached hydrogens (tertiary/aromatic N) is 2. The highest BCUT2D eigenvalue weighted by atomic mass is 32.2. The van der Waals surface area contributed by atoms with Crippen LogP contribution in [0.4, 0.5) is 0 Å². The van der Waals surface area contributed by atoms with Gasteiger partial charge < -0.3 is 5.73 Å². The highest BCUT2D eigenvalue weighted by Crippen LogP contribution is 2.31. The van der Waals surface area contributed by atoms with Crippen molar-refractivity contribution in [1.82, 2.24) is 9.29 Å². The minimum atomic E-state index is -3.59. The summed E-state index contributed by atoms with van der Waals surface area (Å²) < 4.78 is 28.1. The topological polar surface area (TPSA) is 76.3 Å².